The van der Waals surface area contributed by atoms with Crippen LogP contribution in [0.1, 0.15) is 18.4 Å². The summed E-state index contributed by atoms with van der Waals surface area (Å²) in [6, 6.07) is 10.6. The zero-order valence-electron chi connectivity index (χ0n) is 8.19. The van der Waals surface area contributed by atoms with E-state index in [-0.39, 0.29) is 0 Å². The second kappa shape index (κ2) is 3.13. The lowest BCUT2D eigenvalue weighted by atomic mass is 10.1. The van der Waals surface area contributed by atoms with E-state index in [0.29, 0.717) is 0 Å². The van der Waals surface area contributed by atoms with Crippen LogP contribution in [0.3, 0.4) is 0 Å². The second-order valence-corrected chi connectivity index (χ2v) is 4.19. The minimum Gasteiger partial charge on any atom is -0.0879 e. The van der Waals surface area contributed by atoms with Crippen molar-refractivity contribution in [2.24, 2.45) is 11.8 Å². The first kappa shape index (κ1) is 8.05. The predicted octanol–water partition coefficient (Wildman–Crippen LogP) is 3.67. The Bertz CT molecular complexity index is 384. The average Bonchev–Trinajstić information content (AvgIpc) is 2.94. The summed E-state index contributed by atoms with van der Waals surface area (Å²) in [5.41, 5.74) is 3.00. The van der Waals surface area contributed by atoms with E-state index in [1.165, 1.54) is 18.4 Å². The van der Waals surface area contributed by atoms with Crippen LogP contribution in [0.4, 0.5) is 0 Å². The molecular formula is C14H14. The molecule has 0 aliphatic heterocycles. The molecule has 0 saturated heterocycles. The Balaban J connectivity index is 1.85. The first-order chi connectivity index (χ1) is 6.95. The highest BCUT2D eigenvalue weighted by Gasteiger charge is 2.42. The van der Waals surface area contributed by atoms with Gasteiger partial charge < -0.3 is 0 Å². The lowest BCUT2D eigenvalue weighted by Crippen LogP contribution is -1.83. The third-order valence-electron chi connectivity index (χ3n) is 3.26. The Hall–Kier alpha value is -1.30. The Morgan fingerprint density at radius 3 is 2.71 bits per heavy atom. The maximum absolute atomic E-state index is 2.38. The standard InChI is InChI=1S/C14H14/c1-2-6-11(7-3-1)10-14-12-8-4-5-9-13(12)14/h1-4,6-8,10,12-13H,5,9H2/b14-10+/t12-,13+/m1/s1. The number of allylic oxidation sites excluding steroid dienone is 3. The Morgan fingerprint density at radius 2 is 2.00 bits per heavy atom. The molecule has 1 fully saturated rings. The van der Waals surface area contributed by atoms with Gasteiger partial charge in [-0.05, 0) is 24.3 Å². The van der Waals surface area contributed by atoms with Gasteiger partial charge in [0.25, 0.3) is 0 Å². The van der Waals surface area contributed by atoms with Crippen molar-refractivity contribution in [1.29, 1.82) is 0 Å². The fourth-order valence-electron chi connectivity index (χ4n) is 2.42. The summed E-state index contributed by atoms with van der Waals surface area (Å²) in [5, 5.41) is 0. The summed E-state index contributed by atoms with van der Waals surface area (Å²) in [6.07, 6.45) is 9.70. The molecule has 0 bridgehead atoms. The third-order valence-corrected chi connectivity index (χ3v) is 3.26. The molecule has 14 heavy (non-hydrogen) atoms. The van der Waals surface area contributed by atoms with Gasteiger partial charge in [0.15, 0.2) is 0 Å². The fourth-order valence-corrected chi connectivity index (χ4v) is 2.42. The highest BCUT2D eigenvalue weighted by molar-refractivity contribution is 5.60. The van der Waals surface area contributed by atoms with Gasteiger partial charge in [-0.25, -0.2) is 0 Å². The van der Waals surface area contributed by atoms with Crippen LogP contribution in [0.2, 0.25) is 0 Å². The first-order valence-electron chi connectivity index (χ1n) is 5.38. The maximum Gasteiger partial charge on any atom is 0.00491 e. The molecule has 0 nitrogen and oxygen atoms in total. The molecular weight excluding hydrogens is 168 g/mol. The van der Waals surface area contributed by atoms with Crippen LogP contribution in [0.15, 0.2) is 48.1 Å². The number of fused-ring (bicyclic) bond motifs is 1. The van der Waals surface area contributed by atoms with Crippen molar-refractivity contribution in [3.05, 3.63) is 53.6 Å². The molecule has 1 aromatic rings. The zero-order valence-corrected chi connectivity index (χ0v) is 8.19. The lowest BCUT2D eigenvalue weighted by Gasteiger charge is -1.96. The molecule has 1 saturated carbocycles. The van der Waals surface area contributed by atoms with Crippen LogP contribution in [0.5, 0.6) is 0 Å². The van der Waals surface area contributed by atoms with E-state index in [4.69, 9.17) is 0 Å². The summed E-state index contributed by atoms with van der Waals surface area (Å²) >= 11 is 0. The van der Waals surface area contributed by atoms with Crippen LogP contribution in [0.25, 0.3) is 6.08 Å². The Morgan fingerprint density at radius 1 is 1.14 bits per heavy atom. The van der Waals surface area contributed by atoms with Crippen molar-refractivity contribution in [2.75, 3.05) is 0 Å². The molecule has 2 atom stereocenters. The molecule has 0 unspecified atom stereocenters. The average molecular weight is 182 g/mol. The maximum atomic E-state index is 2.38. The van der Waals surface area contributed by atoms with Gasteiger partial charge in [-0.1, -0.05) is 54.1 Å². The van der Waals surface area contributed by atoms with E-state index >= 15 is 0 Å². The molecule has 0 heteroatoms. The monoisotopic (exact) mass is 182 g/mol. The van der Waals surface area contributed by atoms with Crippen LogP contribution in [-0.2, 0) is 0 Å². The fraction of sp³-hybridized carbons (Fsp3) is 0.286. The lowest BCUT2D eigenvalue weighted by molar-refractivity contribution is 0.689. The zero-order chi connectivity index (χ0) is 9.38. The number of hydrogen-bond donors (Lipinski definition) is 0. The molecule has 0 heterocycles. The Labute approximate surface area is 85.0 Å². The topological polar surface area (TPSA) is 0 Å². The minimum absolute atomic E-state index is 0.781. The Kier molecular flexibility index (Phi) is 1.80. The van der Waals surface area contributed by atoms with Crippen molar-refractivity contribution < 1.29 is 0 Å². The van der Waals surface area contributed by atoms with E-state index in [2.05, 4.69) is 48.6 Å². The molecule has 0 aromatic heterocycles. The third kappa shape index (κ3) is 1.31. The molecule has 0 N–H and O–H groups in total. The molecule has 70 valence electrons. The van der Waals surface area contributed by atoms with Crippen LogP contribution >= 0.6 is 0 Å². The van der Waals surface area contributed by atoms with E-state index in [1.807, 2.05) is 0 Å². The number of rotatable bonds is 1. The molecule has 3 rings (SSSR count). The van der Waals surface area contributed by atoms with Gasteiger partial charge in [0, 0.05) is 5.92 Å². The molecule has 0 radical (unpaired) electrons. The van der Waals surface area contributed by atoms with Gasteiger partial charge in [0.2, 0.25) is 0 Å². The number of hydrogen-bond acceptors (Lipinski definition) is 0. The van der Waals surface area contributed by atoms with Gasteiger partial charge in [-0.2, -0.15) is 0 Å². The summed E-state index contributed by atoms with van der Waals surface area (Å²) in [4.78, 5) is 0. The van der Waals surface area contributed by atoms with Crippen molar-refractivity contribution in [3.8, 4) is 0 Å². The van der Waals surface area contributed by atoms with Gasteiger partial charge in [0.1, 0.15) is 0 Å². The van der Waals surface area contributed by atoms with Crippen LogP contribution < -0.4 is 0 Å². The van der Waals surface area contributed by atoms with Gasteiger partial charge in [-0.3, -0.25) is 0 Å². The molecule has 0 amide bonds. The SMILES string of the molecule is C1=C[C@H]2/C(=C\c3ccccc3)[C@H]2CC1. The summed E-state index contributed by atoms with van der Waals surface area (Å²) < 4.78 is 0. The molecule has 2 aliphatic carbocycles. The first-order valence-corrected chi connectivity index (χ1v) is 5.38. The highest BCUT2D eigenvalue weighted by atomic mass is 14.5. The summed E-state index contributed by atoms with van der Waals surface area (Å²) in [5.74, 6) is 1.66. The largest absolute Gasteiger partial charge is 0.0879 e. The highest BCUT2D eigenvalue weighted by Crippen LogP contribution is 2.52. The number of benzene rings is 1. The van der Waals surface area contributed by atoms with Crippen molar-refractivity contribution in [1.82, 2.24) is 0 Å². The van der Waals surface area contributed by atoms with Crippen LogP contribution in [0, 0.1) is 11.8 Å². The van der Waals surface area contributed by atoms with Gasteiger partial charge in [-0.15, -0.1) is 0 Å². The van der Waals surface area contributed by atoms with Crippen molar-refractivity contribution >= 4 is 6.08 Å². The summed E-state index contributed by atoms with van der Waals surface area (Å²) in [6.45, 7) is 0. The van der Waals surface area contributed by atoms with Gasteiger partial charge in [0.05, 0.1) is 0 Å². The smallest absolute Gasteiger partial charge is 0.00491 e. The second-order valence-electron chi connectivity index (χ2n) is 4.19. The molecule has 1 aromatic carbocycles. The van der Waals surface area contributed by atoms with Crippen molar-refractivity contribution in [2.45, 2.75) is 12.8 Å². The van der Waals surface area contributed by atoms with Crippen LogP contribution in [-0.4, -0.2) is 0 Å². The van der Waals surface area contributed by atoms with E-state index < -0.39 is 0 Å². The molecule has 0 spiro atoms. The normalized spacial score (nSPS) is 31.6. The minimum atomic E-state index is 0.781. The summed E-state index contributed by atoms with van der Waals surface area (Å²) in [7, 11) is 0. The molecule has 2 aliphatic rings. The van der Waals surface area contributed by atoms with Gasteiger partial charge >= 0.3 is 0 Å². The van der Waals surface area contributed by atoms with E-state index in [1.54, 1.807) is 5.57 Å². The van der Waals surface area contributed by atoms with Crippen molar-refractivity contribution in [3.63, 3.8) is 0 Å². The predicted molar refractivity (Wildman–Crippen MR) is 59.8 cm³/mol. The quantitative estimate of drug-likeness (QED) is 0.581. The van der Waals surface area contributed by atoms with E-state index in [0.717, 1.165) is 11.8 Å². The van der Waals surface area contributed by atoms with E-state index in [9.17, 15) is 0 Å².